The van der Waals surface area contributed by atoms with Crippen LogP contribution in [-0.4, -0.2) is 4.98 Å². The van der Waals surface area contributed by atoms with Crippen molar-refractivity contribution in [3.63, 3.8) is 0 Å². The Morgan fingerprint density at radius 2 is 1.59 bits per heavy atom. The fourth-order valence-corrected chi connectivity index (χ4v) is 2.93. The lowest BCUT2D eigenvalue weighted by Crippen LogP contribution is -1.95. The van der Waals surface area contributed by atoms with Crippen LogP contribution in [0.1, 0.15) is 11.1 Å². The van der Waals surface area contributed by atoms with Crippen molar-refractivity contribution in [2.45, 2.75) is 13.1 Å². The minimum Gasteiger partial charge on any atom is -0.464 e. The van der Waals surface area contributed by atoms with Crippen LogP contribution >= 0.6 is 0 Å². The van der Waals surface area contributed by atoms with Gasteiger partial charge in [-0.2, -0.15) is 0 Å². The summed E-state index contributed by atoms with van der Waals surface area (Å²) in [5.41, 5.74) is 17.9. The number of rotatable bonds is 3. The summed E-state index contributed by atoms with van der Waals surface area (Å²) < 4.78 is 5.70. The van der Waals surface area contributed by atoms with Crippen molar-refractivity contribution in [3.05, 3.63) is 60.0 Å². The molecule has 0 aliphatic rings. The summed E-state index contributed by atoms with van der Waals surface area (Å²) in [5.74, 6) is 0. The minimum atomic E-state index is 0.520. The first-order valence-corrected chi connectivity index (χ1v) is 7.31. The van der Waals surface area contributed by atoms with E-state index in [0.29, 0.717) is 13.1 Å². The predicted octanol–water partition coefficient (Wildman–Crippen LogP) is 3.50. The van der Waals surface area contributed by atoms with Crippen molar-refractivity contribution in [1.29, 1.82) is 0 Å². The molecule has 110 valence electrons. The lowest BCUT2D eigenvalue weighted by molar-refractivity contribution is 0.617. The predicted molar refractivity (Wildman–Crippen MR) is 89.3 cm³/mol. The second-order valence-corrected chi connectivity index (χ2v) is 5.47. The Morgan fingerprint density at radius 3 is 2.36 bits per heavy atom. The first kappa shape index (κ1) is 13.1. The molecule has 22 heavy (non-hydrogen) atoms. The van der Waals surface area contributed by atoms with E-state index < -0.39 is 0 Å². The van der Waals surface area contributed by atoms with Crippen molar-refractivity contribution in [1.82, 2.24) is 4.98 Å². The molecule has 0 spiro atoms. The quantitative estimate of drug-likeness (QED) is 0.540. The van der Waals surface area contributed by atoms with Gasteiger partial charge in [0, 0.05) is 46.7 Å². The van der Waals surface area contributed by atoms with Gasteiger partial charge in [-0.3, -0.25) is 0 Å². The fourth-order valence-electron chi connectivity index (χ4n) is 2.93. The average molecular weight is 291 g/mol. The van der Waals surface area contributed by atoms with Gasteiger partial charge in [0.15, 0.2) is 0 Å². The molecule has 0 fully saturated rings. The molecule has 0 bridgehead atoms. The van der Waals surface area contributed by atoms with Gasteiger partial charge in [-0.25, -0.2) is 0 Å². The number of aromatic nitrogens is 1. The molecule has 5 N–H and O–H groups in total. The van der Waals surface area contributed by atoms with E-state index in [1.165, 1.54) is 0 Å². The second-order valence-electron chi connectivity index (χ2n) is 5.47. The largest absolute Gasteiger partial charge is 0.464 e. The summed E-state index contributed by atoms with van der Waals surface area (Å²) in [7, 11) is 0. The smallest absolute Gasteiger partial charge is 0.134 e. The van der Waals surface area contributed by atoms with Gasteiger partial charge in [0.25, 0.3) is 0 Å². The van der Waals surface area contributed by atoms with Gasteiger partial charge in [-0.1, -0.05) is 12.1 Å². The van der Waals surface area contributed by atoms with E-state index in [0.717, 1.165) is 44.1 Å². The van der Waals surface area contributed by atoms with Crippen LogP contribution in [0.5, 0.6) is 0 Å². The number of H-pyrrole nitrogens is 1. The maximum Gasteiger partial charge on any atom is 0.134 e. The number of hydrogen-bond acceptors (Lipinski definition) is 3. The topological polar surface area (TPSA) is 81.0 Å². The molecule has 0 atom stereocenters. The van der Waals surface area contributed by atoms with E-state index in [9.17, 15) is 0 Å². The van der Waals surface area contributed by atoms with Gasteiger partial charge in [-0.05, 0) is 35.4 Å². The van der Waals surface area contributed by atoms with E-state index in [2.05, 4.69) is 23.2 Å². The second kappa shape index (κ2) is 5.02. The Balaban J connectivity index is 1.98. The summed E-state index contributed by atoms with van der Waals surface area (Å²) in [6, 6.07) is 12.3. The lowest BCUT2D eigenvalue weighted by Gasteiger charge is -2.01. The molecule has 0 amide bonds. The van der Waals surface area contributed by atoms with Crippen molar-refractivity contribution in [2.24, 2.45) is 11.5 Å². The summed E-state index contributed by atoms with van der Waals surface area (Å²) in [4.78, 5) is 3.31. The molecule has 4 nitrogen and oxygen atoms in total. The molecule has 4 aromatic rings. The van der Waals surface area contributed by atoms with E-state index in [1.54, 1.807) is 0 Å². The Morgan fingerprint density at radius 1 is 0.864 bits per heavy atom. The van der Waals surface area contributed by atoms with E-state index >= 15 is 0 Å². The molecule has 0 aliphatic carbocycles. The van der Waals surface area contributed by atoms with Crippen LogP contribution in [0.4, 0.5) is 0 Å². The molecule has 2 aromatic heterocycles. The Labute approximate surface area is 127 Å². The molecule has 2 heterocycles. The highest BCUT2D eigenvalue weighted by Crippen LogP contribution is 2.36. The van der Waals surface area contributed by atoms with Gasteiger partial charge in [0.2, 0.25) is 0 Å². The standard InChI is InChI=1S/C18H17N3O/c19-7-11-1-3-17-13(5-11)15(9-21-17)16-10-22-18-4-2-12(8-20)6-14(16)18/h1-6,9-10,21H,7-8,19-20H2. The normalized spacial score (nSPS) is 11.5. The first-order chi connectivity index (χ1) is 10.8. The van der Waals surface area contributed by atoms with Gasteiger partial charge in [0.05, 0.1) is 6.26 Å². The monoisotopic (exact) mass is 291 g/mol. The zero-order chi connectivity index (χ0) is 15.1. The third-order valence-electron chi connectivity index (χ3n) is 4.15. The third kappa shape index (κ3) is 1.93. The zero-order valence-corrected chi connectivity index (χ0v) is 12.1. The Bertz CT molecular complexity index is 885. The molecule has 0 unspecified atom stereocenters. The van der Waals surface area contributed by atoms with Crippen LogP contribution in [0.3, 0.4) is 0 Å². The van der Waals surface area contributed by atoms with Crippen LogP contribution in [0.2, 0.25) is 0 Å². The highest BCUT2D eigenvalue weighted by Gasteiger charge is 2.13. The molecular formula is C18H17N3O. The summed E-state index contributed by atoms with van der Waals surface area (Å²) in [6.07, 6.45) is 3.83. The molecule has 0 aliphatic heterocycles. The third-order valence-corrected chi connectivity index (χ3v) is 4.15. The van der Waals surface area contributed by atoms with Gasteiger partial charge >= 0.3 is 0 Å². The summed E-state index contributed by atoms with van der Waals surface area (Å²) in [6.45, 7) is 1.05. The minimum absolute atomic E-state index is 0.520. The number of fused-ring (bicyclic) bond motifs is 2. The molecule has 0 saturated heterocycles. The zero-order valence-electron chi connectivity index (χ0n) is 12.1. The van der Waals surface area contributed by atoms with E-state index in [4.69, 9.17) is 15.9 Å². The number of benzene rings is 2. The summed E-state index contributed by atoms with van der Waals surface area (Å²) in [5, 5.41) is 2.24. The maximum atomic E-state index is 5.76. The molecule has 2 aromatic carbocycles. The average Bonchev–Trinajstić information content (AvgIpc) is 3.16. The van der Waals surface area contributed by atoms with Crippen molar-refractivity contribution >= 4 is 21.9 Å². The van der Waals surface area contributed by atoms with Crippen molar-refractivity contribution in [2.75, 3.05) is 0 Å². The van der Waals surface area contributed by atoms with Gasteiger partial charge in [0.1, 0.15) is 5.58 Å². The van der Waals surface area contributed by atoms with Gasteiger partial charge in [-0.15, -0.1) is 0 Å². The highest BCUT2D eigenvalue weighted by atomic mass is 16.3. The van der Waals surface area contributed by atoms with Crippen molar-refractivity contribution < 1.29 is 4.42 Å². The van der Waals surface area contributed by atoms with Gasteiger partial charge < -0.3 is 20.9 Å². The van der Waals surface area contributed by atoms with Crippen LogP contribution in [-0.2, 0) is 13.1 Å². The van der Waals surface area contributed by atoms with Crippen LogP contribution in [0, 0.1) is 0 Å². The van der Waals surface area contributed by atoms with E-state index in [-0.39, 0.29) is 0 Å². The summed E-state index contributed by atoms with van der Waals surface area (Å²) >= 11 is 0. The Hall–Kier alpha value is -2.56. The number of nitrogens with two attached hydrogens (primary N) is 2. The molecule has 0 radical (unpaired) electrons. The van der Waals surface area contributed by atoms with Crippen LogP contribution in [0.15, 0.2) is 53.3 Å². The molecule has 4 heteroatoms. The van der Waals surface area contributed by atoms with E-state index in [1.807, 2.05) is 30.7 Å². The molecule has 4 rings (SSSR count). The fraction of sp³-hybridized carbons (Fsp3) is 0.111. The lowest BCUT2D eigenvalue weighted by atomic mass is 10.0. The van der Waals surface area contributed by atoms with Crippen LogP contribution in [0.25, 0.3) is 33.0 Å². The van der Waals surface area contributed by atoms with Crippen LogP contribution < -0.4 is 11.5 Å². The SMILES string of the molecule is NCc1ccc2[nH]cc(-c3coc4ccc(CN)cc34)c2c1. The van der Waals surface area contributed by atoms with Crippen molar-refractivity contribution in [3.8, 4) is 11.1 Å². The molecule has 0 saturated carbocycles. The first-order valence-electron chi connectivity index (χ1n) is 7.31. The maximum absolute atomic E-state index is 5.76. The molecular weight excluding hydrogens is 274 g/mol. The number of furan rings is 1. The number of aromatic amines is 1. The number of hydrogen-bond donors (Lipinski definition) is 3. The number of nitrogens with one attached hydrogen (secondary N) is 1. The Kier molecular flexibility index (Phi) is 2.99. The highest BCUT2D eigenvalue weighted by molar-refractivity contribution is 6.04.